The van der Waals surface area contributed by atoms with Crippen LogP contribution < -0.4 is 14.8 Å². The highest BCUT2D eigenvalue weighted by Gasteiger charge is 2.32. The van der Waals surface area contributed by atoms with Crippen LogP contribution >= 0.6 is 0 Å². The van der Waals surface area contributed by atoms with Crippen molar-refractivity contribution < 1.29 is 14.3 Å². The van der Waals surface area contributed by atoms with Crippen molar-refractivity contribution in [2.24, 2.45) is 0 Å². The molecule has 1 N–H and O–H groups in total. The average molecular weight is 459 g/mol. The first-order valence-electron chi connectivity index (χ1n) is 11.4. The molecule has 1 aliphatic heterocycles. The fourth-order valence-electron chi connectivity index (χ4n) is 4.66. The number of piperazine rings is 1. The van der Waals surface area contributed by atoms with Crippen LogP contribution in [0.3, 0.4) is 0 Å². The number of carbonyl (C=O) groups excluding carboxylic acids is 1. The molecule has 3 aromatic rings. The number of hydrogen-bond donors (Lipinski definition) is 1. The molecule has 7 heteroatoms. The minimum atomic E-state index is -0.432. The SMILES string of the molecule is COc1cccc(C(C(=O)N(C)Cc2c(OC)c(C#N)cc3ccccc23)N2CCNCC2)c1. The molecule has 176 valence electrons. The van der Waals surface area contributed by atoms with Gasteiger partial charge < -0.3 is 19.7 Å². The molecular weight excluding hydrogens is 428 g/mol. The van der Waals surface area contributed by atoms with Crippen LogP contribution in [-0.2, 0) is 11.3 Å². The molecular formula is C27H30N4O3. The molecule has 7 nitrogen and oxygen atoms in total. The van der Waals surface area contributed by atoms with Crippen LogP contribution in [-0.4, -0.2) is 63.2 Å². The summed E-state index contributed by atoms with van der Waals surface area (Å²) in [7, 11) is 5.01. The lowest BCUT2D eigenvalue weighted by Gasteiger charge is -2.36. The second-order valence-electron chi connectivity index (χ2n) is 8.43. The van der Waals surface area contributed by atoms with Gasteiger partial charge in [-0.05, 0) is 34.5 Å². The summed E-state index contributed by atoms with van der Waals surface area (Å²) in [5.74, 6) is 1.23. The highest BCUT2D eigenvalue weighted by Crippen LogP contribution is 2.34. The van der Waals surface area contributed by atoms with Gasteiger partial charge in [-0.15, -0.1) is 0 Å². The number of carbonyl (C=O) groups is 1. The molecule has 3 aromatic carbocycles. The van der Waals surface area contributed by atoms with Crippen molar-refractivity contribution in [3.63, 3.8) is 0 Å². The minimum Gasteiger partial charge on any atom is -0.497 e. The van der Waals surface area contributed by atoms with Gasteiger partial charge in [-0.1, -0.05) is 36.4 Å². The van der Waals surface area contributed by atoms with Gasteiger partial charge in [0.15, 0.2) is 0 Å². The van der Waals surface area contributed by atoms with Crippen molar-refractivity contribution in [3.8, 4) is 17.6 Å². The molecule has 1 saturated heterocycles. The molecule has 1 aliphatic rings. The smallest absolute Gasteiger partial charge is 0.244 e. The maximum absolute atomic E-state index is 14.0. The zero-order valence-electron chi connectivity index (χ0n) is 19.9. The van der Waals surface area contributed by atoms with Crippen molar-refractivity contribution in [3.05, 3.63) is 71.3 Å². The van der Waals surface area contributed by atoms with Crippen LogP contribution in [0.15, 0.2) is 54.6 Å². The van der Waals surface area contributed by atoms with E-state index in [0.717, 1.165) is 53.8 Å². The van der Waals surface area contributed by atoms with Crippen molar-refractivity contribution in [2.75, 3.05) is 47.4 Å². The summed E-state index contributed by atoms with van der Waals surface area (Å²) in [5, 5.41) is 15.0. The Labute approximate surface area is 200 Å². The Morgan fingerprint density at radius 2 is 1.88 bits per heavy atom. The van der Waals surface area contributed by atoms with Crippen LogP contribution in [0.25, 0.3) is 10.8 Å². The topological polar surface area (TPSA) is 77.8 Å². The maximum atomic E-state index is 14.0. The van der Waals surface area contributed by atoms with E-state index in [4.69, 9.17) is 9.47 Å². The predicted molar refractivity (Wildman–Crippen MR) is 132 cm³/mol. The van der Waals surface area contributed by atoms with Crippen LogP contribution in [0, 0.1) is 11.3 Å². The number of ether oxygens (including phenoxy) is 2. The number of amides is 1. The van der Waals surface area contributed by atoms with E-state index in [1.165, 1.54) is 0 Å². The van der Waals surface area contributed by atoms with Gasteiger partial charge >= 0.3 is 0 Å². The zero-order valence-corrected chi connectivity index (χ0v) is 19.9. The quantitative estimate of drug-likeness (QED) is 0.585. The first-order valence-corrected chi connectivity index (χ1v) is 11.4. The van der Waals surface area contributed by atoms with E-state index in [0.29, 0.717) is 17.9 Å². The van der Waals surface area contributed by atoms with Gasteiger partial charge in [0.05, 0.1) is 19.8 Å². The number of likely N-dealkylation sites (N-methyl/N-ethyl adjacent to an activating group) is 1. The zero-order chi connectivity index (χ0) is 24.1. The van der Waals surface area contributed by atoms with E-state index < -0.39 is 6.04 Å². The molecule has 0 aromatic heterocycles. The van der Waals surface area contributed by atoms with Gasteiger partial charge in [-0.3, -0.25) is 9.69 Å². The number of benzene rings is 3. The Morgan fingerprint density at radius 1 is 1.12 bits per heavy atom. The van der Waals surface area contributed by atoms with E-state index in [2.05, 4.69) is 16.3 Å². The number of nitrogens with one attached hydrogen (secondary N) is 1. The maximum Gasteiger partial charge on any atom is 0.244 e. The second kappa shape index (κ2) is 10.6. The number of rotatable bonds is 7. The van der Waals surface area contributed by atoms with E-state index in [-0.39, 0.29) is 5.91 Å². The predicted octanol–water partition coefficient (Wildman–Crippen LogP) is 3.33. The third-order valence-corrected chi connectivity index (χ3v) is 6.36. The van der Waals surface area contributed by atoms with Gasteiger partial charge in [0, 0.05) is 45.3 Å². The molecule has 0 radical (unpaired) electrons. The van der Waals surface area contributed by atoms with Crippen LogP contribution in [0.2, 0.25) is 0 Å². The van der Waals surface area contributed by atoms with Gasteiger partial charge in [0.1, 0.15) is 23.6 Å². The monoisotopic (exact) mass is 458 g/mol. The molecule has 1 unspecified atom stereocenters. The Kier molecular flexibility index (Phi) is 7.31. The summed E-state index contributed by atoms with van der Waals surface area (Å²) in [6, 6.07) is 19.2. The third-order valence-electron chi connectivity index (χ3n) is 6.36. The standard InChI is InChI=1S/C27H30N4O3/c1-30(18-24-23-10-5-4-7-19(23)15-21(17-28)26(24)34-3)27(32)25(31-13-11-29-12-14-31)20-8-6-9-22(16-20)33-2/h4-10,15-16,25,29H,11-14,18H2,1-3H3. The largest absolute Gasteiger partial charge is 0.497 e. The normalized spacial score (nSPS) is 14.9. The number of fused-ring (bicyclic) bond motifs is 1. The van der Waals surface area contributed by atoms with Gasteiger partial charge in [-0.25, -0.2) is 0 Å². The first kappa shape index (κ1) is 23.6. The molecule has 34 heavy (non-hydrogen) atoms. The van der Waals surface area contributed by atoms with Gasteiger partial charge in [-0.2, -0.15) is 5.26 Å². The second-order valence-corrected chi connectivity index (χ2v) is 8.43. The molecule has 1 amide bonds. The molecule has 1 fully saturated rings. The fraction of sp³-hybridized carbons (Fsp3) is 0.333. The Hall–Kier alpha value is -3.60. The molecule has 0 saturated carbocycles. The lowest BCUT2D eigenvalue weighted by Crippen LogP contribution is -2.49. The summed E-state index contributed by atoms with van der Waals surface area (Å²) in [5.41, 5.74) is 2.20. The lowest BCUT2D eigenvalue weighted by molar-refractivity contribution is -0.136. The van der Waals surface area contributed by atoms with E-state index >= 15 is 0 Å². The highest BCUT2D eigenvalue weighted by atomic mass is 16.5. The van der Waals surface area contributed by atoms with Crippen molar-refractivity contribution >= 4 is 16.7 Å². The van der Waals surface area contributed by atoms with E-state index in [9.17, 15) is 10.1 Å². The number of methoxy groups -OCH3 is 2. The van der Waals surface area contributed by atoms with Crippen molar-refractivity contribution in [1.82, 2.24) is 15.1 Å². The van der Waals surface area contributed by atoms with E-state index in [1.54, 1.807) is 19.1 Å². The molecule has 1 atom stereocenters. The van der Waals surface area contributed by atoms with E-state index in [1.807, 2.05) is 61.6 Å². The van der Waals surface area contributed by atoms with Gasteiger partial charge in [0.2, 0.25) is 5.91 Å². The summed E-state index contributed by atoms with van der Waals surface area (Å²) in [6.45, 7) is 3.54. The Morgan fingerprint density at radius 3 is 2.59 bits per heavy atom. The summed E-state index contributed by atoms with van der Waals surface area (Å²) in [4.78, 5) is 17.9. The molecule has 0 aliphatic carbocycles. The Balaban J connectivity index is 1.72. The molecule has 1 heterocycles. The van der Waals surface area contributed by atoms with Crippen LogP contribution in [0.5, 0.6) is 11.5 Å². The van der Waals surface area contributed by atoms with Crippen LogP contribution in [0.1, 0.15) is 22.7 Å². The fourth-order valence-corrected chi connectivity index (χ4v) is 4.66. The highest BCUT2D eigenvalue weighted by molar-refractivity contribution is 5.91. The molecule has 4 rings (SSSR count). The number of nitriles is 1. The average Bonchev–Trinajstić information content (AvgIpc) is 2.89. The molecule has 0 bridgehead atoms. The molecule has 0 spiro atoms. The summed E-state index contributed by atoms with van der Waals surface area (Å²) < 4.78 is 11.1. The number of hydrogen-bond acceptors (Lipinski definition) is 6. The Bertz CT molecular complexity index is 1210. The lowest BCUT2D eigenvalue weighted by atomic mass is 9.98. The summed E-state index contributed by atoms with van der Waals surface area (Å²) >= 11 is 0. The third kappa shape index (κ3) is 4.69. The van der Waals surface area contributed by atoms with Crippen LogP contribution in [0.4, 0.5) is 0 Å². The first-order chi connectivity index (χ1) is 16.6. The minimum absolute atomic E-state index is 0.0105. The number of nitrogens with zero attached hydrogens (tertiary/aromatic N) is 3. The summed E-state index contributed by atoms with van der Waals surface area (Å²) in [6.07, 6.45) is 0. The van der Waals surface area contributed by atoms with Gasteiger partial charge in [0.25, 0.3) is 0 Å². The van der Waals surface area contributed by atoms with Crippen molar-refractivity contribution in [1.29, 1.82) is 5.26 Å². The van der Waals surface area contributed by atoms with Crippen molar-refractivity contribution in [2.45, 2.75) is 12.6 Å².